The van der Waals surface area contributed by atoms with Crippen molar-refractivity contribution in [3.8, 4) is 0 Å². The topological polar surface area (TPSA) is 75.4 Å². The number of benzene rings is 1. The maximum Gasteiger partial charge on any atom is 0.269 e. The van der Waals surface area contributed by atoms with E-state index in [1.54, 1.807) is 12.1 Å². The standard InChI is InChI=1S/C11H16N2O3/c14-8-2-1-7-12-9-10-3-5-11(6-4-10)13(15)16/h3-6,12,14H,1-2,7-9H2. The van der Waals surface area contributed by atoms with Crippen molar-refractivity contribution in [3.05, 3.63) is 39.9 Å². The summed E-state index contributed by atoms with van der Waals surface area (Å²) in [6.07, 6.45) is 1.73. The highest BCUT2D eigenvalue weighted by Crippen LogP contribution is 2.11. The van der Waals surface area contributed by atoms with Gasteiger partial charge >= 0.3 is 0 Å². The maximum absolute atomic E-state index is 10.4. The predicted octanol–water partition coefficient (Wildman–Crippen LogP) is 1.46. The normalized spacial score (nSPS) is 10.3. The minimum atomic E-state index is -0.404. The van der Waals surface area contributed by atoms with Crippen LogP contribution in [-0.4, -0.2) is 23.2 Å². The highest BCUT2D eigenvalue weighted by atomic mass is 16.6. The molecule has 0 spiro atoms. The van der Waals surface area contributed by atoms with Crippen molar-refractivity contribution in [2.24, 2.45) is 0 Å². The summed E-state index contributed by atoms with van der Waals surface area (Å²) in [4.78, 5) is 10.0. The zero-order chi connectivity index (χ0) is 11.8. The van der Waals surface area contributed by atoms with Crippen LogP contribution in [0.4, 0.5) is 5.69 Å². The van der Waals surface area contributed by atoms with Crippen LogP contribution in [0, 0.1) is 10.1 Å². The molecule has 0 radical (unpaired) electrons. The van der Waals surface area contributed by atoms with Gasteiger partial charge in [0.1, 0.15) is 0 Å². The van der Waals surface area contributed by atoms with Crippen LogP contribution in [0.25, 0.3) is 0 Å². The Morgan fingerprint density at radius 1 is 1.25 bits per heavy atom. The van der Waals surface area contributed by atoms with Gasteiger partial charge in [0.25, 0.3) is 5.69 Å². The number of aliphatic hydroxyl groups excluding tert-OH is 1. The molecule has 0 unspecified atom stereocenters. The van der Waals surface area contributed by atoms with Gasteiger partial charge in [-0.3, -0.25) is 10.1 Å². The third-order valence-electron chi connectivity index (χ3n) is 2.24. The number of unbranched alkanes of at least 4 members (excludes halogenated alkanes) is 1. The average Bonchev–Trinajstić information content (AvgIpc) is 2.29. The maximum atomic E-state index is 10.4. The molecule has 0 saturated heterocycles. The molecule has 16 heavy (non-hydrogen) atoms. The van der Waals surface area contributed by atoms with Crippen molar-refractivity contribution >= 4 is 5.69 Å². The summed E-state index contributed by atoms with van der Waals surface area (Å²) in [5.74, 6) is 0. The number of aliphatic hydroxyl groups is 1. The van der Waals surface area contributed by atoms with E-state index in [1.165, 1.54) is 12.1 Å². The molecule has 1 aromatic rings. The second-order valence-electron chi connectivity index (χ2n) is 3.53. The Balaban J connectivity index is 2.29. The van der Waals surface area contributed by atoms with E-state index >= 15 is 0 Å². The van der Waals surface area contributed by atoms with Gasteiger partial charge in [-0.15, -0.1) is 0 Å². The molecule has 0 aliphatic carbocycles. The number of hydrogen-bond acceptors (Lipinski definition) is 4. The van der Waals surface area contributed by atoms with Gasteiger partial charge in [-0.05, 0) is 24.9 Å². The lowest BCUT2D eigenvalue weighted by molar-refractivity contribution is -0.384. The second kappa shape index (κ2) is 6.92. The molecule has 0 fully saturated rings. The molecule has 1 rings (SSSR count). The molecule has 0 heterocycles. The van der Waals surface area contributed by atoms with E-state index in [4.69, 9.17) is 5.11 Å². The van der Waals surface area contributed by atoms with Crippen LogP contribution in [0.15, 0.2) is 24.3 Å². The van der Waals surface area contributed by atoms with Gasteiger partial charge in [-0.2, -0.15) is 0 Å². The SMILES string of the molecule is O=[N+]([O-])c1ccc(CNCCCCO)cc1. The van der Waals surface area contributed by atoms with Gasteiger partial charge in [-0.1, -0.05) is 12.1 Å². The summed E-state index contributed by atoms with van der Waals surface area (Å²) < 4.78 is 0. The number of nitrogens with one attached hydrogen (secondary N) is 1. The fraction of sp³-hybridized carbons (Fsp3) is 0.455. The van der Waals surface area contributed by atoms with Gasteiger partial charge < -0.3 is 10.4 Å². The van der Waals surface area contributed by atoms with E-state index in [9.17, 15) is 10.1 Å². The number of hydrogen-bond donors (Lipinski definition) is 2. The van der Waals surface area contributed by atoms with E-state index in [0.717, 1.165) is 24.9 Å². The van der Waals surface area contributed by atoms with Crippen LogP contribution >= 0.6 is 0 Å². The first-order valence-corrected chi connectivity index (χ1v) is 5.29. The quantitative estimate of drug-likeness (QED) is 0.417. The first kappa shape index (κ1) is 12.6. The third-order valence-corrected chi connectivity index (χ3v) is 2.24. The average molecular weight is 224 g/mol. The zero-order valence-electron chi connectivity index (χ0n) is 9.06. The monoisotopic (exact) mass is 224 g/mol. The lowest BCUT2D eigenvalue weighted by Crippen LogP contribution is -2.14. The van der Waals surface area contributed by atoms with E-state index in [2.05, 4.69) is 5.32 Å². The predicted molar refractivity (Wildman–Crippen MR) is 61.1 cm³/mol. The lowest BCUT2D eigenvalue weighted by Gasteiger charge is -2.03. The highest BCUT2D eigenvalue weighted by Gasteiger charge is 2.03. The molecule has 0 saturated carbocycles. The molecule has 0 aliphatic heterocycles. The van der Waals surface area contributed by atoms with Crippen LogP contribution < -0.4 is 5.32 Å². The lowest BCUT2D eigenvalue weighted by atomic mass is 10.2. The molecule has 88 valence electrons. The minimum Gasteiger partial charge on any atom is -0.396 e. The van der Waals surface area contributed by atoms with Crippen LogP contribution in [0.2, 0.25) is 0 Å². The first-order valence-electron chi connectivity index (χ1n) is 5.29. The molecule has 5 heteroatoms. The third kappa shape index (κ3) is 4.37. The Bertz CT molecular complexity index is 325. The summed E-state index contributed by atoms with van der Waals surface area (Å²) in [6, 6.07) is 6.50. The molecule has 0 atom stereocenters. The number of nitrogens with zero attached hydrogens (tertiary/aromatic N) is 1. The van der Waals surface area contributed by atoms with E-state index in [-0.39, 0.29) is 12.3 Å². The molecule has 0 amide bonds. The number of nitro groups is 1. The van der Waals surface area contributed by atoms with Crippen molar-refractivity contribution < 1.29 is 10.0 Å². The van der Waals surface area contributed by atoms with Crippen molar-refractivity contribution in [1.29, 1.82) is 0 Å². The van der Waals surface area contributed by atoms with E-state index in [0.29, 0.717) is 6.54 Å². The molecule has 5 nitrogen and oxygen atoms in total. The molecule has 0 bridgehead atoms. The summed E-state index contributed by atoms with van der Waals surface area (Å²) >= 11 is 0. The number of rotatable bonds is 7. The van der Waals surface area contributed by atoms with E-state index < -0.39 is 4.92 Å². The van der Waals surface area contributed by atoms with Crippen LogP contribution in [-0.2, 0) is 6.54 Å². The van der Waals surface area contributed by atoms with Gasteiger partial charge in [0.05, 0.1) is 4.92 Å². The molecule has 0 aliphatic rings. The highest BCUT2D eigenvalue weighted by molar-refractivity contribution is 5.32. The summed E-state index contributed by atoms with van der Waals surface area (Å²) in [6.45, 7) is 1.76. The van der Waals surface area contributed by atoms with Crippen molar-refractivity contribution in [2.75, 3.05) is 13.2 Å². The minimum absolute atomic E-state index is 0.115. The fourth-order valence-electron chi connectivity index (χ4n) is 1.33. The van der Waals surface area contributed by atoms with Crippen LogP contribution in [0.5, 0.6) is 0 Å². The van der Waals surface area contributed by atoms with E-state index in [1.807, 2.05) is 0 Å². The van der Waals surface area contributed by atoms with Crippen molar-refractivity contribution in [2.45, 2.75) is 19.4 Å². The van der Waals surface area contributed by atoms with Crippen LogP contribution in [0.1, 0.15) is 18.4 Å². The Hall–Kier alpha value is -1.46. The Labute approximate surface area is 94.3 Å². The molecular formula is C11H16N2O3. The summed E-state index contributed by atoms with van der Waals surface area (Å²) in [7, 11) is 0. The largest absolute Gasteiger partial charge is 0.396 e. The van der Waals surface area contributed by atoms with Crippen molar-refractivity contribution in [1.82, 2.24) is 5.32 Å². The van der Waals surface area contributed by atoms with Gasteiger partial charge in [0.15, 0.2) is 0 Å². The smallest absolute Gasteiger partial charge is 0.269 e. The number of non-ortho nitro benzene ring substituents is 1. The summed E-state index contributed by atoms with van der Waals surface area (Å²) in [5.41, 5.74) is 1.14. The fourth-order valence-corrected chi connectivity index (χ4v) is 1.33. The molecular weight excluding hydrogens is 208 g/mol. The zero-order valence-corrected chi connectivity index (χ0v) is 9.06. The Morgan fingerprint density at radius 3 is 2.50 bits per heavy atom. The van der Waals surface area contributed by atoms with Crippen molar-refractivity contribution in [3.63, 3.8) is 0 Å². The molecule has 0 aromatic heterocycles. The Kier molecular flexibility index (Phi) is 5.45. The van der Waals surface area contributed by atoms with Gasteiger partial charge in [-0.25, -0.2) is 0 Å². The second-order valence-corrected chi connectivity index (χ2v) is 3.53. The number of nitro benzene ring substituents is 1. The molecule has 1 aromatic carbocycles. The first-order chi connectivity index (χ1) is 7.74. The Morgan fingerprint density at radius 2 is 1.94 bits per heavy atom. The van der Waals surface area contributed by atoms with Crippen LogP contribution in [0.3, 0.4) is 0 Å². The molecule has 2 N–H and O–H groups in total. The summed E-state index contributed by atoms with van der Waals surface area (Å²) in [5, 5.41) is 22.2. The van der Waals surface area contributed by atoms with Gasteiger partial charge in [0.2, 0.25) is 0 Å². The van der Waals surface area contributed by atoms with Gasteiger partial charge in [0, 0.05) is 25.3 Å².